The van der Waals surface area contributed by atoms with Gasteiger partial charge in [0.2, 0.25) is 0 Å². The van der Waals surface area contributed by atoms with E-state index in [1.54, 1.807) is 0 Å². The fourth-order valence-electron chi connectivity index (χ4n) is 2.99. The molecular weight excluding hydrogens is 216 g/mol. The lowest BCUT2D eigenvalue weighted by Gasteiger charge is -2.11. The highest BCUT2D eigenvalue weighted by Crippen LogP contribution is 2.37. The number of carboxylic acids is 1. The molecule has 0 saturated heterocycles. The first kappa shape index (κ1) is 12.1. The molecule has 1 aromatic heterocycles. The minimum Gasteiger partial charge on any atom is -0.481 e. The lowest BCUT2D eigenvalue weighted by atomic mass is 9.94. The number of nitrogens with zero attached hydrogens (tertiary/aromatic N) is 2. The molecule has 1 heterocycles. The maximum Gasteiger partial charge on any atom is 0.303 e. The molecule has 2 rings (SSSR count). The van der Waals surface area contributed by atoms with Gasteiger partial charge in [0.25, 0.3) is 0 Å². The monoisotopic (exact) mass is 236 g/mol. The van der Waals surface area contributed by atoms with Gasteiger partial charge in [0.1, 0.15) is 0 Å². The number of hydrogen-bond donors (Lipinski definition) is 1. The third-order valence-corrected chi connectivity index (χ3v) is 3.73. The Bertz CT molecular complexity index is 417. The van der Waals surface area contributed by atoms with Gasteiger partial charge in [0.15, 0.2) is 0 Å². The van der Waals surface area contributed by atoms with Gasteiger partial charge >= 0.3 is 5.97 Å². The van der Waals surface area contributed by atoms with Crippen molar-refractivity contribution in [2.45, 2.75) is 51.4 Å². The first-order valence-electron chi connectivity index (χ1n) is 6.33. The summed E-state index contributed by atoms with van der Waals surface area (Å²) in [6.07, 6.45) is 5.82. The predicted molar refractivity (Wildman–Crippen MR) is 65.1 cm³/mol. The van der Waals surface area contributed by atoms with Crippen molar-refractivity contribution < 1.29 is 9.90 Å². The van der Waals surface area contributed by atoms with Gasteiger partial charge in [0, 0.05) is 19.2 Å². The highest BCUT2D eigenvalue weighted by Gasteiger charge is 2.25. The van der Waals surface area contributed by atoms with Crippen molar-refractivity contribution in [2.75, 3.05) is 0 Å². The molecule has 0 radical (unpaired) electrons. The Hall–Kier alpha value is -1.32. The molecule has 0 aromatic carbocycles. The topological polar surface area (TPSA) is 55.1 Å². The van der Waals surface area contributed by atoms with E-state index >= 15 is 0 Å². The lowest BCUT2D eigenvalue weighted by Crippen LogP contribution is -2.06. The van der Waals surface area contributed by atoms with Crippen LogP contribution < -0.4 is 0 Å². The number of rotatable bonds is 4. The fourth-order valence-corrected chi connectivity index (χ4v) is 2.99. The standard InChI is InChI=1S/C13H20N2O2/c1-9-13(10-5-3-4-6-10)11(15(2)14-9)7-8-12(16)17/h10H,3-8H2,1-2H3,(H,16,17). The molecule has 1 aliphatic carbocycles. The summed E-state index contributed by atoms with van der Waals surface area (Å²) in [6.45, 7) is 2.04. The fraction of sp³-hybridized carbons (Fsp3) is 0.692. The molecule has 0 amide bonds. The van der Waals surface area contributed by atoms with Crippen molar-refractivity contribution >= 4 is 5.97 Å². The SMILES string of the molecule is Cc1nn(C)c(CCC(=O)O)c1C1CCCC1. The summed E-state index contributed by atoms with van der Waals surface area (Å²) < 4.78 is 1.87. The molecule has 0 spiro atoms. The van der Waals surface area contributed by atoms with Crippen LogP contribution in [0, 0.1) is 6.92 Å². The Kier molecular flexibility index (Phi) is 3.50. The Morgan fingerprint density at radius 2 is 2.12 bits per heavy atom. The van der Waals surface area contributed by atoms with E-state index in [0.29, 0.717) is 12.3 Å². The predicted octanol–water partition coefficient (Wildman–Crippen LogP) is 2.40. The van der Waals surface area contributed by atoms with Crippen LogP contribution in [-0.4, -0.2) is 20.9 Å². The molecule has 1 aromatic rings. The maximum atomic E-state index is 10.7. The quantitative estimate of drug-likeness (QED) is 0.873. The molecule has 1 fully saturated rings. The molecule has 94 valence electrons. The molecule has 0 unspecified atom stereocenters. The molecular formula is C13H20N2O2. The van der Waals surface area contributed by atoms with Crippen LogP contribution in [0.5, 0.6) is 0 Å². The Morgan fingerprint density at radius 1 is 1.47 bits per heavy atom. The summed E-state index contributed by atoms with van der Waals surface area (Å²) in [4.78, 5) is 10.7. The molecule has 1 aliphatic rings. The molecule has 1 N–H and O–H groups in total. The zero-order chi connectivity index (χ0) is 12.4. The molecule has 4 heteroatoms. The minimum atomic E-state index is -0.735. The van der Waals surface area contributed by atoms with E-state index < -0.39 is 5.97 Å². The highest BCUT2D eigenvalue weighted by molar-refractivity contribution is 5.67. The van der Waals surface area contributed by atoms with Crippen LogP contribution in [0.15, 0.2) is 0 Å². The largest absolute Gasteiger partial charge is 0.481 e. The number of carbonyl (C=O) groups is 1. The zero-order valence-electron chi connectivity index (χ0n) is 10.6. The summed E-state index contributed by atoms with van der Waals surface area (Å²) in [7, 11) is 1.92. The van der Waals surface area contributed by atoms with Crippen LogP contribution >= 0.6 is 0 Å². The zero-order valence-corrected chi connectivity index (χ0v) is 10.6. The second-order valence-electron chi connectivity index (χ2n) is 4.94. The van der Waals surface area contributed by atoms with E-state index in [2.05, 4.69) is 5.10 Å². The summed E-state index contributed by atoms with van der Waals surface area (Å²) in [5, 5.41) is 13.3. The average Bonchev–Trinajstić information content (AvgIpc) is 2.83. The number of hydrogen-bond acceptors (Lipinski definition) is 2. The lowest BCUT2D eigenvalue weighted by molar-refractivity contribution is -0.136. The molecule has 0 atom stereocenters. The third kappa shape index (κ3) is 2.51. The van der Waals surface area contributed by atoms with Crippen molar-refractivity contribution in [3.63, 3.8) is 0 Å². The van der Waals surface area contributed by atoms with Crippen molar-refractivity contribution in [3.05, 3.63) is 17.0 Å². The number of aromatic nitrogens is 2. The molecule has 17 heavy (non-hydrogen) atoms. The second-order valence-corrected chi connectivity index (χ2v) is 4.94. The van der Waals surface area contributed by atoms with E-state index in [1.807, 2.05) is 18.7 Å². The number of carboxylic acid groups (broad SMARTS) is 1. The Labute approximate surface area is 102 Å². The van der Waals surface area contributed by atoms with E-state index in [9.17, 15) is 4.79 Å². The first-order valence-corrected chi connectivity index (χ1v) is 6.33. The third-order valence-electron chi connectivity index (χ3n) is 3.73. The Balaban J connectivity index is 2.25. The summed E-state index contributed by atoms with van der Waals surface area (Å²) in [5.41, 5.74) is 3.53. The molecule has 0 aliphatic heterocycles. The molecule has 0 bridgehead atoms. The van der Waals surface area contributed by atoms with Gasteiger partial charge < -0.3 is 5.11 Å². The van der Waals surface area contributed by atoms with Gasteiger partial charge in [-0.2, -0.15) is 5.10 Å². The summed E-state index contributed by atoms with van der Waals surface area (Å²) in [5.74, 6) is -0.131. The van der Waals surface area contributed by atoms with Gasteiger partial charge in [-0.15, -0.1) is 0 Å². The van der Waals surface area contributed by atoms with Crippen LogP contribution in [0.4, 0.5) is 0 Å². The van der Waals surface area contributed by atoms with Gasteiger partial charge in [-0.1, -0.05) is 12.8 Å². The molecule has 1 saturated carbocycles. The second kappa shape index (κ2) is 4.90. The van der Waals surface area contributed by atoms with Gasteiger partial charge in [-0.05, 0) is 31.2 Å². The average molecular weight is 236 g/mol. The maximum absolute atomic E-state index is 10.7. The normalized spacial score (nSPS) is 16.6. The van der Waals surface area contributed by atoms with Gasteiger partial charge in [0.05, 0.1) is 12.1 Å². The van der Waals surface area contributed by atoms with Crippen LogP contribution in [-0.2, 0) is 18.3 Å². The van der Waals surface area contributed by atoms with E-state index in [0.717, 1.165) is 11.4 Å². The van der Waals surface area contributed by atoms with Crippen LogP contribution in [0.2, 0.25) is 0 Å². The van der Waals surface area contributed by atoms with E-state index in [1.165, 1.54) is 31.2 Å². The minimum absolute atomic E-state index is 0.193. The van der Waals surface area contributed by atoms with Crippen LogP contribution in [0.25, 0.3) is 0 Å². The Morgan fingerprint density at radius 3 is 2.71 bits per heavy atom. The van der Waals surface area contributed by atoms with Crippen molar-refractivity contribution in [3.8, 4) is 0 Å². The van der Waals surface area contributed by atoms with E-state index in [-0.39, 0.29) is 6.42 Å². The smallest absolute Gasteiger partial charge is 0.303 e. The summed E-state index contributed by atoms with van der Waals surface area (Å²) >= 11 is 0. The van der Waals surface area contributed by atoms with Gasteiger partial charge in [-0.3, -0.25) is 9.48 Å². The molecule has 4 nitrogen and oxygen atoms in total. The van der Waals surface area contributed by atoms with E-state index in [4.69, 9.17) is 5.11 Å². The van der Waals surface area contributed by atoms with Gasteiger partial charge in [-0.25, -0.2) is 0 Å². The number of aryl methyl sites for hydroxylation is 2. The van der Waals surface area contributed by atoms with Crippen LogP contribution in [0.3, 0.4) is 0 Å². The van der Waals surface area contributed by atoms with Crippen molar-refractivity contribution in [1.29, 1.82) is 0 Å². The van der Waals surface area contributed by atoms with Crippen molar-refractivity contribution in [2.24, 2.45) is 7.05 Å². The summed E-state index contributed by atoms with van der Waals surface area (Å²) in [6, 6.07) is 0. The number of aliphatic carboxylic acids is 1. The van der Waals surface area contributed by atoms with Crippen LogP contribution in [0.1, 0.15) is 55.0 Å². The van der Waals surface area contributed by atoms with Crippen molar-refractivity contribution in [1.82, 2.24) is 9.78 Å². The highest BCUT2D eigenvalue weighted by atomic mass is 16.4. The first-order chi connectivity index (χ1) is 8.09.